The van der Waals surface area contributed by atoms with Gasteiger partial charge < -0.3 is 4.74 Å². The van der Waals surface area contributed by atoms with Gasteiger partial charge in [-0.1, -0.05) is 25.1 Å². The Bertz CT molecular complexity index is 629. The summed E-state index contributed by atoms with van der Waals surface area (Å²) in [5.41, 5.74) is 0.997. The minimum Gasteiger partial charge on any atom is -0.482 e. The van der Waals surface area contributed by atoms with Gasteiger partial charge in [-0.05, 0) is 35.4 Å². The summed E-state index contributed by atoms with van der Waals surface area (Å²) in [4.78, 5) is 12.6. The molecule has 1 aromatic carbocycles. The number of nitrogens with zero attached hydrogens (tertiary/aromatic N) is 4. The quantitative estimate of drug-likeness (QED) is 0.767. The van der Waals surface area contributed by atoms with Crippen molar-refractivity contribution in [2.24, 2.45) is 13.0 Å². The highest BCUT2D eigenvalue weighted by Crippen LogP contribution is 2.28. The van der Waals surface area contributed by atoms with Crippen molar-refractivity contribution in [2.45, 2.75) is 26.4 Å². The van der Waals surface area contributed by atoms with Gasteiger partial charge in [0.1, 0.15) is 5.75 Å². The van der Waals surface area contributed by atoms with E-state index in [0.717, 1.165) is 11.3 Å². The summed E-state index contributed by atoms with van der Waals surface area (Å²) in [6, 6.07) is 7.64. The van der Waals surface area contributed by atoms with Crippen LogP contribution in [0.15, 0.2) is 24.3 Å². The molecule has 1 heterocycles. The van der Waals surface area contributed by atoms with Crippen LogP contribution in [0, 0.1) is 12.8 Å². The number of halogens is 1. The maximum atomic E-state index is 11.3. The van der Waals surface area contributed by atoms with Gasteiger partial charge in [0.25, 0.3) is 0 Å². The average Bonchev–Trinajstić information content (AvgIpc) is 2.86. The molecule has 0 aliphatic heterocycles. The van der Waals surface area contributed by atoms with Crippen LogP contribution in [-0.4, -0.2) is 25.4 Å². The molecule has 21 heavy (non-hydrogen) atoms. The number of para-hydroxylation sites is 1. The fraction of sp³-hybridized carbons (Fsp3) is 0.429. The summed E-state index contributed by atoms with van der Waals surface area (Å²) in [5.74, 6) is 0.805. The van der Waals surface area contributed by atoms with Crippen LogP contribution in [0.5, 0.6) is 5.75 Å². The van der Waals surface area contributed by atoms with Crippen molar-refractivity contribution >= 4 is 16.8 Å². The summed E-state index contributed by atoms with van der Waals surface area (Å²) in [6.07, 6.45) is -0.0833. The Morgan fingerprint density at radius 3 is 2.71 bits per heavy atom. The molecule has 2 aromatic rings. The SMILES string of the molecule is Cc1ccccc1OC(CC(C)C(=O)Cl)c1nnn(C)n1. The van der Waals surface area contributed by atoms with Gasteiger partial charge in [-0.2, -0.15) is 4.80 Å². The molecule has 0 N–H and O–H groups in total. The van der Waals surface area contributed by atoms with Crippen molar-refractivity contribution in [1.29, 1.82) is 0 Å². The van der Waals surface area contributed by atoms with E-state index in [0.29, 0.717) is 12.2 Å². The molecule has 0 fully saturated rings. The van der Waals surface area contributed by atoms with E-state index in [2.05, 4.69) is 15.4 Å². The van der Waals surface area contributed by atoms with E-state index < -0.39 is 11.3 Å². The summed E-state index contributed by atoms with van der Waals surface area (Å²) < 4.78 is 5.98. The van der Waals surface area contributed by atoms with Crippen LogP contribution in [0.3, 0.4) is 0 Å². The highest BCUT2D eigenvalue weighted by Gasteiger charge is 2.25. The van der Waals surface area contributed by atoms with E-state index in [9.17, 15) is 4.79 Å². The lowest BCUT2D eigenvalue weighted by molar-refractivity contribution is -0.115. The number of tetrazole rings is 1. The van der Waals surface area contributed by atoms with E-state index in [1.807, 2.05) is 31.2 Å². The van der Waals surface area contributed by atoms with E-state index in [1.54, 1.807) is 14.0 Å². The number of rotatable bonds is 6. The van der Waals surface area contributed by atoms with Gasteiger partial charge in [0.05, 0.1) is 7.05 Å². The number of ether oxygens (including phenoxy) is 1. The second-order valence-electron chi connectivity index (χ2n) is 4.95. The van der Waals surface area contributed by atoms with Gasteiger partial charge in [-0.15, -0.1) is 10.2 Å². The number of aryl methyl sites for hydroxylation is 2. The van der Waals surface area contributed by atoms with Gasteiger partial charge >= 0.3 is 0 Å². The minimum absolute atomic E-state index is 0.357. The van der Waals surface area contributed by atoms with Crippen LogP contribution in [-0.2, 0) is 11.8 Å². The van der Waals surface area contributed by atoms with Crippen LogP contribution < -0.4 is 4.74 Å². The normalized spacial score (nSPS) is 13.7. The van der Waals surface area contributed by atoms with E-state index in [4.69, 9.17) is 16.3 Å². The molecule has 1 aromatic heterocycles. The Morgan fingerprint density at radius 2 is 2.14 bits per heavy atom. The summed E-state index contributed by atoms with van der Waals surface area (Å²) in [5, 5.41) is 11.5. The number of carbonyl (C=O) groups is 1. The number of aromatic nitrogens is 4. The van der Waals surface area contributed by atoms with Gasteiger partial charge in [-0.25, -0.2) is 0 Å². The third-order valence-corrected chi connectivity index (χ3v) is 3.50. The Hall–Kier alpha value is -1.95. The molecule has 2 unspecified atom stereocenters. The van der Waals surface area contributed by atoms with Crippen molar-refractivity contribution in [3.63, 3.8) is 0 Å². The van der Waals surface area contributed by atoms with E-state index >= 15 is 0 Å². The second kappa shape index (κ2) is 6.67. The smallest absolute Gasteiger partial charge is 0.224 e. The lowest BCUT2D eigenvalue weighted by Gasteiger charge is -2.19. The molecule has 0 bridgehead atoms. The Morgan fingerprint density at radius 1 is 1.43 bits per heavy atom. The maximum absolute atomic E-state index is 11.3. The molecule has 6 nitrogen and oxygen atoms in total. The van der Waals surface area contributed by atoms with Gasteiger partial charge in [-0.3, -0.25) is 4.79 Å². The highest BCUT2D eigenvalue weighted by molar-refractivity contribution is 6.63. The molecule has 7 heteroatoms. The summed E-state index contributed by atoms with van der Waals surface area (Å²) in [7, 11) is 1.68. The third kappa shape index (κ3) is 4.01. The van der Waals surface area contributed by atoms with Crippen LogP contribution in [0.25, 0.3) is 0 Å². The number of hydrogen-bond donors (Lipinski definition) is 0. The fourth-order valence-electron chi connectivity index (χ4n) is 1.89. The van der Waals surface area contributed by atoms with Crippen LogP contribution >= 0.6 is 11.6 Å². The molecular weight excluding hydrogens is 292 g/mol. The van der Waals surface area contributed by atoms with Crippen molar-refractivity contribution in [1.82, 2.24) is 20.2 Å². The molecule has 2 atom stereocenters. The van der Waals surface area contributed by atoms with Crippen molar-refractivity contribution in [3.05, 3.63) is 35.7 Å². The first-order valence-corrected chi connectivity index (χ1v) is 7.00. The first kappa shape index (κ1) is 15.4. The topological polar surface area (TPSA) is 69.9 Å². The highest BCUT2D eigenvalue weighted by atomic mass is 35.5. The van der Waals surface area contributed by atoms with Crippen molar-refractivity contribution in [2.75, 3.05) is 0 Å². The molecular formula is C14H17ClN4O2. The molecule has 112 valence electrons. The standard InChI is InChI=1S/C14H17ClN4O2/c1-9-6-4-5-7-11(9)21-12(8-10(2)13(15)20)14-16-18-19(3)17-14/h4-7,10,12H,8H2,1-3H3. The van der Waals surface area contributed by atoms with Crippen molar-refractivity contribution < 1.29 is 9.53 Å². The first-order valence-electron chi connectivity index (χ1n) is 6.63. The van der Waals surface area contributed by atoms with Crippen LogP contribution in [0.4, 0.5) is 0 Å². The predicted octanol–water partition coefficient (Wildman–Crippen LogP) is 2.43. The molecule has 0 amide bonds. The Balaban J connectivity index is 2.23. The zero-order valence-corrected chi connectivity index (χ0v) is 12.9. The van der Waals surface area contributed by atoms with E-state index in [-0.39, 0.29) is 5.92 Å². The lowest BCUT2D eigenvalue weighted by Crippen LogP contribution is -2.17. The zero-order valence-electron chi connectivity index (χ0n) is 12.2. The molecule has 0 aliphatic rings. The lowest BCUT2D eigenvalue weighted by atomic mass is 10.0. The first-order chi connectivity index (χ1) is 9.97. The molecule has 0 radical (unpaired) electrons. The monoisotopic (exact) mass is 308 g/mol. The van der Waals surface area contributed by atoms with Crippen molar-refractivity contribution in [3.8, 4) is 5.75 Å². The third-order valence-electron chi connectivity index (χ3n) is 3.13. The van der Waals surface area contributed by atoms with Crippen LogP contribution in [0.1, 0.15) is 30.8 Å². The number of benzene rings is 1. The molecule has 0 aliphatic carbocycles. The van der Waals surface area contributed by atoms with Crippen LogP contribution in [0.2, 0.25) is 0 Å². The Kier molecular flexibility index (Phi) is 4.90. The molecule has 0 spiro atoms. The number of carbonyl (C=O) groups excluding carboxylic acids is 1. The molecule has 0 saturated heterocycles. The maximum Gasteiger partial charge on any atom is 0.224 e. The predicted molar refractivity (Wildman–Crippen MR) is 78.0 cm³/mol. The fourth-order valence-corrected chi connectivity index (χ4v) is 1.98. The van der Waals surface area contributed by atoms with Gasteiger partial charge in [0.15, 0.2) is 6.10 Å². The summed E-state index contributed by atoms with van der Waals surface area (Å²) >= 11 is 5.54. The van der Waals surface area contributed by atoms with Gasteiger partial charge in [0.2, 0.25) is 11.1 Å². The minimum atomic E-state index is -0.475. The van der Waals surface area contributed by atoms with E-state index in [1.165, 1.54) is 4.80 Å². The molecule has 2 rings (SSSR count). The zero-order chi connectivity index (χ0) is 15.4. The average molecular weight is 309 g/mol. The summed E-state index contributed by atoms with van der Waals surface area (Å²) in [6.45, 7) is 3.70. The Labute approximate surface area is 128 Å². The second-order valence-corrected chi connectivity index (χ2v) is 5.32. The molecule has 0 saturated carbocycles. The van der Waals surface area contributed by atoms with Gasteiger partial charge in [0, 0.05) is 12.3 Å². The largest absolute Gasteiger partial charge is 0.482 e. The number of hydrogen-bond acceptors (Lipinski definition) is 5.